The van der Waals surface area contributed by atoms with Crippen LogP contribution in [0.3, 0.4) is 0 Å². The van der Waals surface area contributed by atoms with E-state index in [0.29, 0.717) is 17.3 Å². The number of likely N-dealkylation sites (N-methyl/N-ethyl adjacent to an activating group) is 1. The molecule has 2 amide bonds. The highest BCUT2D eigenvalue weighted by Gasteiger charge is 2.20. The lowest BCUT2D eigenvalue weighted by Crippen LogP contribution is -2.40. The number of aryl methyl sites for hydroxylation is 1. The van der Waals surface area contributed by atoms with Gasteiger partial charge < -0.3 is 15.5 Å². The van der Waals surface area contributed by atoms with Gasteiger partial charge in [0.15, 0.2) is 0 Å². The van der Waals surface area contributed by atoms with Gasteiger partial charge in [0.1, 0.15) is 0 Å². The Balaban J connectivity index is 1.70. The van der Waals surface area contributed by atoms with Crippen molar-refractivity contribution in [3.8, 4) is 0 Å². The molecule has 0 aliphatic rings. The number of benzene rings is 3. The molecule has 1 atom stereocenters. The third-order valence-corrected chi connectivity index (χ3v) is 5.30. The first-order valence-corrected chi connectivity index (χ1v) is 9.74. The number of carbonyl (C=O) groups is 2. The molecule has 0 saturated heterocycles. The van der Waals surface area contributed by atoms with Crippen molar-refractivity contribution >= 4 is 39.9 Å². The molecule has 6 heteroatoms. The van der Waals surface area contributed by atoms with E-state index in [0.717, 1.165) is 21.9 Å². The quantitative estimate of drug-likeness (QED) is 0.622. The molecule has 0 heterocycles. The van der Waals surface area contributed by atoms with Gasteiger partial charge in [0.05, 0.1) is 6.04 Å². The molecule has 5 nitrogen and oxygen atoms in total. The summed E-state index contributed by atoms with van der Waals surface area (Å²) in [5.41, 5.74) is 2.48. The molecule has 3 rings (SSSR count). The van der Waals surface area contributed by atoms with E-state index < -0.39 is 11.8 Å². The van der Waals surface area contributed by atoms with Gasteiger partial charge in [0.25, 0.3) is 0 Å². The fraction of sp³-hybridized carbons (Fsp3) is 0.217. The fourth-order valence-electron chi connectivity index (χ4n) is 3.24. The Morgan fingerprint density at radius 2 is 1.72 bits per heavy atom. The van der Waals surface area contributed by atoms with Crippen LogP contribution < -0.4 is 10.6 Å². The summed E-state index contributed by atoms with van der Waals surface area (Å²) in [5.74, 6) is -1.41. The normalized spacial score (nSPS) is 12.0. The monoisotopic (exact) mass is 409 g/mol. The molecule has 3 aromatic rings. The molecule has 2 N–H and O–H groups in total. The topological polar surface area (TPSA) is 61.4 Å². The van der Waals surface area contributed by atoms with Crippen LogP contribution in [0.1, 0.15) is 17.2 Å². The second-order valence-corrected chi connectivity index (χ2v) is 7.58. The van der Waals surface area contributed by atoms with Crippen LogP contribution in [0, 0.1) is 6.92 Å². The zero-order valence-corrected chi connectivity index (χ0v) is 17.5. The molecular formula is C23H24ClN3O2. The van der Waals surface area contributed by atoms with E-state index in [1.165, 1.54) is 0 Å². The van der Waals surface area contributed by atoms with Gasteiger partial charge in [-0.05, 0) is 55.1 Å². The van der Waals surface area contributed by atoms with Crippen LogP contribution >= 0.6 is 11.6 Å². The average Bonchev–Trinajstić information content (AvgIpc) is 2.70. The predicted octanol–water partition coefficient (Wildman–Crippen LogP) is 4.16. The van der Waals surface area contributed by atoms with Crippen LogP contribution in [0.5, 0.6) is 0 Å². The third-order valence-electron chi connectivity index (χ3n) is 4.90. The van der Waals surface area contributed by atoms with Crippen molar-refractivity contribution in [1.82, 2.24) is 10.2 Å². The van der Waals surface area contributed by atoms with Crippen molar-refractivity contribution in [3.63, 3.8) is 0 Å². The lowest BCUT2D eigenvalue weighted by Gasteiger charge is -2.26. The van der Waals surface area contributed by atoms with Crippen LogP contribution in [0.25, 0.3) is 10.8 Å². The number of anilines is 1. The summed E-state index contributed by atoms with van der Waals surface area (Å²) in [6.07, 6.45) is 0. The number of hydrogen-bond donors (Lipinski definition) is 2. The number of amides is 2. The zero-order chi connectivity index (χ0) is 21.0. The smallest absolute Gasteiger partial charge is 0.313 e. The first-order chi connectivity index (χ1) is 13.9. The van der Waals surface area contributed by atoms with Crippen molar-refractivity contribution in [2.75, 3.05) is 26.0 Å². The van der Waals surface area contributed by atoms with Crippen LogP contribution in [0.15, 0.2) is 60.7 Å². The van der Waals surface area contributed by atoms with Crippen molar-refractivity contribution in [1.29, 1.82) is 0 Å². The van der Waals surface area contributed by atoms with E-state index >= 15 is 0 Å². The number of nitrogens with zero attached hydrogens (tertiary/aromatic N) is 1. The molecule has 3 aromatic carbocycles. The van der Waals surface area contributed by atoms with E-state index in [2.05, 4.69) is 28.8 Å². The number of hydrogen-bond acceptors (Lipinski definition) is 3. The summed E-state index contributed by atoms with van der Waals surface area (Å²) < 4.78 is 0. The molecule has 0 aliphatic heterocycles. The van der Waals surface area contributed by atoms with Gasteiger partial charge in [-0.2, -0.15) is 0 Å². The maximum Gasteiger partial charge on any atom is 0.313 e. The number of carbonyl (C=O) groups excluding carboxylic acids is 2. The highest BCUT2D eigenvalue weighted by atomic mass is 35.5. The van der Waals surface area contributed by atoms with Crippen molar-refractivity contribution in [2.45, 2.75) is 13.0 Å². The summed E-state index contributed by atoms with van der Waals surface area (Å²) in [6.45, 7) is 2.18. The fourth-order valence-corrected chi connectivity index (χ4v) is 3.42. The van der Waals surface area contributed by atoms with E-state index in [-0.39, 0.29) is 6.04 Å². The van der Waals surface area contributed by atoms with Crippen LogP contribution in [-0.2, 0) is 9.59 Å². The predicted molar refractivity (Wildman–Crippen MR) is 118 cm³/mol. The van der Waals surface area contributed by atoms with Crippen molar-refractivity contribution < 1.29 is 9.59 Å². The molecule has 0 saturated carbocycles. The first-order valence-electron chi connectivity index (χ1n) is 9.36. The van der Waals surface area contributed by atoms with Gasteiger partial charge in [-0.3, -0.25) is 9.59 Å². The maximum atomic E-state index is 12.3. The zero-order valence-electron chi connectivity index (χ0n) is 16.7. The van der Waals surface area contributed by atoms with Crippen molar-refractivity contribution in [2.24, 2.45) is 0 Å². The second kappa shape index (κ2) is 9.07. The standard InChI is InChI=1S/C23H24ClN3O2/c1-15-11-12-17(13-20(15)24)26-23(29)22(28)25-14-21(27(2)3)19-10-6-8-16-7-4-5-9-18(16)19/h4-13,21H,14H2,1-3H3,(H,25,28)(H,26,29)/t21-/m0/s1. The number of rotatable bonds is 5. The van der Waals surface area contributed by atoms with Gasteiger partial charge in [0.2, 0.25) is 0 Å². The summed E-state index contributed by atoms with van der Waals surface area (Å²) in [6, 6.07) is 19.3. The summed E-state index contributed by atoms with van der Waals surface area (Å²) in [7, 11) is 3.90. The molecule has 0 aromatic heterocycles. The Labute approximate surface area is 175 Å². The SMILES string of the molecule is Cc1ccc(NC(=O)C(=O)NC[C@@H](c2cccc3ccccc23)N(C)C)cc1Cl. The summed E-state index contributed by atoms with van der Waals surface area (Å²) in [5, 5.41) is 8.13. The van der Waals surface area contributed by atoms with Gasteiger partial charge >= 0.3 is 11.8 Å². The molecule has 0 aliphatic carbocycles. The largest absolute Gasteiger partial charge is 0.346 e. The van der Waals surface area contributed by atoms with Crippen LogP contribution in [0.4, 0.5) is 5.69 Å². The minimum absolute atomic E-state index is 0.0772. The Kier molecular flexibility index (Phi) is 6.52. The average molecular weight is 410 g/mol. The lowest BCUT2D eigenvalue weighted by molar-refractivity contribution is -0.136. The number of nitrogens with one attached hydrogen (secondary N) is 2. The molecular weight excluding hydrogens is 386 g/mol. The first kappa shape index (κ1) is 20.8. The van der Waals surface area contributed by atoms with Gasteiger partial charge in [-0.15, -0.1) is 0 Å². The van der Waals surface area contributed by atoms with E-state index in [4.69, 9.17) is 11.6 Å². The maximum absolute atomic E-state index is 12.3. The molecule has 0 radical (unpaired) electrons. The Morgan fingerprint density at radius 1 is 1.00 bits per heavy atom. The minimum Gasteiger partial charge on any atom is -0.346 e. The van der Waals surface area contributed by atoms with Gasteiger partial charge in [-0.1, -0.05) is 60.1 Å². The van der Waals surface area contributed by atoms with Crippen molar-refractivity contribution in [3.05, 3.63) is 76.8 Å². The highest BCUT2D eigenvalue weighted by molar-refractivity contribution is 6.39. The molecule has 0 spiro atoms. The minimum atomic E-state index is -0.722. The third kappa shape index (κ3) is 4.94. The Hall–Kier alpha value is -2.89. The number of fused-ring (bicyclic) bond motifs is 1. The molecule has 0 bridgehead atoms. The number of halogens is 1. The Morgan fingerprint density at radius 3 is 2.45 bits per heavy atom. The molecule has 0 fully saturated rings. The van der Waals surface area contributed by atoms with E-state index in [1.807, 2.05) is 50.2 Å². The Bertz CT molecular complexity index is 1040. The van der Waals surface area contributed by atoms with E-state index in [1.54, 1.807) is 18.2 Å². The summed E-state index contributed by atoms with van der Waals surface area (Å²) >= 11 is 6.07. The molecule has 0 unspecified atom stereocenters. The van der Waals surface area contributed by atoms with Gasteiger partial charge in [-0.25, -0.2) is 0 Å². The molecule has 29 heavy (non-hydrogen) atoms. The lowest BCUT2D eigenvalue weighted by atomic mass is 9.98. The highest BCUT2D eigenvalue weighted by Crippen LogP contribution is 2.26. The van der Waals surface area contributed by atoms with Crippen LogP contribution in [-0.4, -0.2) is 37.4 Å². The van der Waals surface area contributed by atoms with E-state index in [9.17, 15) is 9.59 Å². The molecule has 150 valence electrons. The van der Waals surface area contributed by atoms with Gasteiger partial charge in [0, 0.05) is 17.3 Å². The summed E-state index contributed by atoms with van der Waals surface area (Å²) in [4.78, 5) is 26.6. The second-order valence-electron chi connectivity index (χ2n) is 7.18. The van der Waals surface area contributed by atoms with Crippen LogP contribution in [0.2, 0.25) is 5.02 Å².